The topological polar surface area (TPSA) is 43.1 Å². The average Bonchev–Trinajstić information content (AvgIpc) is 2.10. The van der Waals surface area contributed by atoms with Crippen LogP contribution in [0, 0.1) is 12.3 Å². The first-order valence-electron chi connectivity index (χ1n) is 3.67. The Morgan fingerprint density at radius 2 is 2.31 bits per heavy atom. The van der Waals surface area contributed by atoms with E-state index in [1.807, 2.05) is 0 Å². The highest BCUT2D eigenvalue weighted by Crippen LogP contribution is 2.20. The van der Waals surface area contributed by atoms with Gasteiger partial charge in [-0.15, -0.1) is 6.42 Å². The van der Waals surface area contributed by atoms with Gasteiger partial charge >= 0.3 is 0 Å². The van der Waals surface area contributed by atoms with Gasteiger partial charge in [0.25, 0.3) is 0 Å². The lowest BCUT2D eigenvalue weighted by Gasteiger charge is -2.00. The third-order valence-corrected chi connectivity index (χ3v) is 1.91. The van der Waals surface area contributed by atoms with Crippen molar-refractivity contribution in [3.8, 4) is 12.3 Å². The van der Waals surface area contributed by atoms with Crippen molar-refractivity contribution in [3.63, 3.8) is 0 Å². The Labute approximate surface area is 81.7 Å². The number of halogens is 1. The molecule has 1 aromatic carbocycles. The summed E-state index contributed by atoms with van der Waals surface area (Å²) in [6.07, 6.45) is 5.09. The molecule has 0 aliphatic heterocycles. The smallest absolute Gasteiger partial charge is 0.174 e. The summed E-state index contributed by atoms with van der Waals surface area (Å²) in [6.45, 7) is 0. The Balaban J connectivity index is 2.98. The molecule has 0 spiro atoms. The number of rotatable bonds is 2. The Hall–Kier alpha value is -1.46. The first kappa shape index (κ1) is 9.63. The van der Waals surface area contributed by atoms with E-state index in [4.69, 9.17) is 23.8 Å². The first-order valence-corrected chi connectivity index (χ1v) is 4.04. The Morgan fingerprint density at radius 3 is 2.85 bits per heavy atom. The molecule has 66 valence electrons. The van der Waals surface area contributed by atoms with Crippen LogP contribution in [0.4, 0.5) is 5.69 Å². The van der Waals surface area contributed by atoms with Gasteiger partial charge in [0.05, 0.1) is 17.1 Å². The minimum atomic E-state index is -0.121. The van der Waals surface area contributed by atoms with Crippen LogP contribution in [0.2, 0.25) is 5.02 Å². The fourth-order valence-corrected chi connectivity index (χ4v) is 1.08. The predicted octanol–water partition coefficient (Wildman–Crippen LogP) is 2.13. The maximum Gasteiger partial charge on any atom is 0.174 e. The van der Waals surface area contributed by atoms with E-state index in [0.717, 1.165) is 0 Å². The second kappa shape index (κ2) is 3.97. The van der Waals surface area contributed by atoms with Gasteiger partial charge in [-0.05, 0) is 18.2 Å². The van der Waals surface area contributed by atoms with Crippen molar-refractivity contribution in [2.75, 3.05) is 5.73 Å². The van der Waals surface area contributed by atoms with E-state index in [1.54, 1.807) is 12.1 Å². The molecule has 0 aromatic heterocycles. The van der Waals surface area contributed by atoms with Crippen LogP contribution in [0.15, 0.2) is 18.2 Å². The van der Waals surface area contributed by atoms with Gasteiger partial charge in [0.15, 0.2) is 5.78 Å². The van der Waals surface area contributed by atoms with E-state index >= 15 is 0 Å². The number of carbonyl (C=O) groups excluding carboxylic acids is 1. The Morgan fingerprint density at radius 1 is 1.62 bits per heavy atom. The van der Waals surface area contributed by atoms with Gasteiger partial charge in [-0.1, -0.05) is 17.5 Å². The molecule has 3 heteroatoms. The molecular formula is C10H8ClNO. The molecule has 0 saturated carbocycles. The van der Waals surface area contributed by atoms with E-state index in [2.05, 4.69) is 5.92 Å². The molecule has 0 aliphatic rings. The van der Waals surface area contributed by atoms with Crippen LogP contribution in [-0.4, -0.2) is 5.78 Å². The van der Waals surface area contributed by atoms with Crippen molar-refractivity contribution in [3.05, 3.63) is 28.8 Å². The monoisotopic (exact) mass is 193 g/mol. The first-order chi connectivity index (χ1) is 6.15. The van der Waals surface area contributed by atoms with Crippen LogP contribution in [0.5, 0.6) is 0 Å². The lowest BCUT2D eigenvalue weighted by Crippen LogP contribution is -1.98. The van der Waals surface area contributed by atoms with Crippen molar-refractivity contribution in [1.82, 2.24) is 0 Å². The van der Waals surface area contributed by atoms with E-state index in [0.29, 0.717) is 16.3 Å². The minimum Gasteiger partial charge on any atom is -0.398 e. The van der Waals surface area contributed by atoms with Crippen LogP contribution < -0.4 is 5.73 Å². The number of nitrogens with two attached hydrogens (primary N) is 1. The summed E-state index contributed by atoms with van der Waals surface area (Å²) in [7, 11) is 0. The summed E-state index contributed by atoms with van der Waals surface area (Å²) in [5, 5.41) is 0.378. The predicted molar refractivity (Wildman–Crippen MR) is 53.6 cm³/mol. The van der Waals surface area contributed by atoms with E-state index < -0.39 is 0 Å². The molecule has 1 aromatic rings. The molecule has 0 amide bonds. The van der Waals surface area contributed by atoms with Gasteiger partial charge in [-0.2, -0.15) is 0 Å². The Kier molecular flexibility index (Phi) is 2.94. The summed E-state index contributed by atoms with van der Waals surface area (Å²) >= 11 is 5.73. The van der Waals surface area contributed by atoms with Crippen molar-refractivity contribution >= 4 is 23.1 Å². The highest BCUT2D eigenvalue weighted by atomic mass is 35.5. The number of ketones is 1. The quantitative estimate of drug-likeness (QED) is 0.444. The molecule has 0 atom stereocenters. The van der Waals surface area contributed by atoms with Crippen molar-refractivity contribution in [2.45, 2.75) is 6.42 Å². The van der Waals surface area contributed by atoms with Crippen LogP contribution in [-0.2, 0) is 0 Å². The van der Waals surface area contributed by atoms with Crippen LogP contribution in [0.25, 0.3) is 0 Å². The SMILES string of the molecule is C#CCC(=O)c1ccc(N)c(Cl)c1. The summed E-state index contributed by atoms with van der Waals surface area (Å²) in [5.41, 5.74) is 6.43. The fraction of sp³-hybridized carbons (Fsp3) is 0.100. The minimum absolute atomic E-state index is 0.0836. The summed E-state index contributed by atoms with van der Waals surface area (Å²) in [5.74, 6) is 2.16. The lowest BCUT2D eigenvalue weighted by atomic mass is 10.1. The zero-order chi connectivity index (χ0) is 9.84. The fourth-order valence-electron chi connectivity index (χ4n) is 0.895. The second-order valence-corrected chi connectivity index (χ2v) is 2.95. The number of terminal acetylenes is 1. The maximum atomic E-state index is 11.3. The second-order valence-electron chi connectivity index (χ2n) is 2.54. The van der Waals surface area contributed by atoms with Gasteiger partial charge in [-0.25, -0.2) is 0 Å². The molecule has 2 nitrogen and oxygen atoms in total. The molecule has 0 fully saturated rings. The number of anilines is 1. The third-order valence-electron chi connectivity index (χ3n) is 1.59. The zero-order valence-corrected chi connectivity index (χ0v) is 7.64. The molecule has 0 heterocycles. The van der Waals surface area contributed by atoms with Gasteiger partial charge < -0.3 is 5.73 Å². The van der Waals surface area contributed by atoms with Gasteiger partial charge in [-0.3, -0.25) is 4.79 Å². The molecule has 2 N–H and O–H groups in total. The highest BCUT2D eigenvalue weighted by molar-refractivity contribution is 6.33. The van der Waals surface area contributed by atoms with E-state index in [9.17, 15) is 4.79 Å². The molecule has 0 radical (unpaired) electrons. The van der Waals surface area contributed by atoms with Gasteiger partial charge in [0, 0.05) is 5.56 Å². The Bertz CT molecular complexity index is 379. The maximum absolute atomic E-state index is 11.3. The van der Waals surface area contributed by atoms with Gasteiger partial charge in [0.2, 0.25) is 0 Å². The van der Waals surface area contributed by atoms with Crippen molar-refractivity contribution in [1.29, 1.82) is 0 Å². The standard InChI is InChI=1S/C10H8ClNO/c1-2-3-10(13)7-4-5-9(12)8(11)6-7/h1,4-6H,3,12H2. The van der Waals surface area contributed by atoms with Crippen LogP contribution in [0.3, 0.4) is 0 Å². The highest BCUT2D eigenvalue weighted by Gasteiger charge is 2.05. The van der Waals surface area contributed by atoms with Crippen molar-refractivity contribution < 1.29 is 4.79 Å². The molecule has 13 heavy (non-hydrogen) atoms. The number of carbonyl (C=O) groups is 1. The van der Waals surface area contributed by atoms with Crippen molar-refractivity contribution in [2.24, 2.45) is 0 Å². The molecule has 0 unspecified atom stereocenters. The number of hydrogen-bond acceptors (Lipinski definition) is 2. The normalized spacial score (nSPS) is 9.23. The zero-order valence-electron chi connectivity index (χ0n) is 6.88. The molecule has 0 saturated heterocycles. The largest absolute Gasteiger partial charge is 0.398 e. The molecule has 1 rings (SSSR count). The third kappa shape index (κ3) is 2.24. The number of Topliss-reactive ketones (excluding diaryl/α,β-unsaturated/α-hetero) is 1. The lowest BCUT2D eigenvalue weighted by molar-refractivity contribution is 0.0998. The van der Waals surface area contributed by atoms with Crippen LogP contribution in [0.1, 0.15) is 16.8 Å². The van der Waals surface area contributed by atoms with E-state index in [1.165, 1.54) is 6.07 Å². The van der Waals surface area contributed by atoms with Gasteiger partial charge in [0.1, 0.15) is 0 Å². The molecule has 0 bridgehead atoms. The number of benzene rings is 1. The average molecular weight is 194 g/mol. The van der Waals surface area contributed by atoms with E-state index in [-0.39, 0.29) is 12.2 Å². The number of hydrogen-bond donors (Lipinski definition) is 1. The summed E-state index contributed by atoms with van der Waals surface area (Å²) in [4.78, 5) is 11.3. The summed E-state index contributed by atoms with van der Waals surface area (Å²) < 4.78 is 0. The molecule has 0 aliphatic carbocycles. The molecular weight excluding hydrogens is 186 g/mol. The number of nitrogen functional groups attached to an aromatic ring is 1. The van der Waals surface area contributed by atoms with Crippen LogP contribution >= 0.6 is 11.6 Å². The summed E-state index contributed by atoms with van der Waals surface area (Å²) in [6, 6.07) is 4.73.